The molecule has 6 nitrogen and oxygen atoms in total. The van der Waals surface area contributed by atoms with Crippen molar-refractivity contribution in [3.8, 4) is 0 Å². The van der Waals surface area contributed by atoms with Gasteiger partial charge in [0.1, 0.15) is 11.4 Å². The molecule has 37 heavy (non-hydrogen) atoms. The van der Waals surface area contributed by atoms with Crippen molar-refractivity contribution in [3.05, 3.63) is 107 Å². The minimum absolute atomic E-state index is 0.0483. The van der Waals surface area contributed by atoms with Crippen LogP contribution in [0, 0.1) is 17.1 Å². The van der Waals surface area contributed by atoms with Gasteiger partial charge in [0, 0.05) is 19.2 Å². The zero-order valence-electron chi connectivity index (χ0n) is 21.7. The highest BCUT2D eigenvalue weighted by atomic mass is 19.1. The molecule has 2 atom stereocenters. The van der Waals surface area contributed by atoms with Crippen molar-refractivity contribution in [2.24, 2.45) is 5.92 Å². The molecular formula is C30H33FN4O2. The molecule has 2 amide bonds. The molecule has 0 aromatic heterocycles. The summed E-state index contributed by atoms with van der Waals surface area (Å²) in [5.74, 6) is -0.405. The van der Waals surface area contributed by atoms with Crippen LogP contribution in [0.2, 0.25) is 0 Å². The lowest BCUT2D eigenvalue weighted by atomic mass is 9.82. The third-order valence-corrected chi connectivity index (χ3v) is 6.82. The van der Waals surface area contributed by atoms with E-state index in [1.165, 1.54) is 17.0 Å². The fourth-order valence-electron chi connectivity index (χ4n) is 5.02. The SMILES string of the molecule is CC(C)CC1(c2ccccc2)NC(=N)N([C@H](C)c2cccc(C(=O)N(C)Cc3ccc(F)cc3)c2)C1=O. The van der Waals surface area contributed by atoms with Gasteiger partial charge in [0.2, 0.25) is 0 Å². The summed E-state index contributed by atoms with van der Waals surface area (Å²) >= 11 is 0. The minimum atomic E-state index is -1.01. The fraction of sp³-hybridized carbons (Fsp3) is 0.300. The number of hydrogen-bond donors (Lipinski definition) is 2. The zero-order chi connectivity index (χ0) is 26.7. The number of guanidine groups is 1. The fourth-order valence-corrected chi connectivity index (χ4v) is 5.02. The molecule has 4 rings (SSSR count). The van der Waals surface area contributed by atoms with Crippen LogP contribution in [0.1, 0.15) is 60.3 Å². The maximum atomic E-state index is 14.0. The highest BCUT2D eigenvalue weighted by Gasteiger charge is 2.52. The standard InChI is InChI=1S/C30H33FN4O2/c1-20(2)18-30(25-11-6-5-7-12-25)28(37)35(29(32)33-30)21(3)23-9-8-10-24(17-23)27(36)34(4)19-22-13-15-26(31)16-14-22/h5-17,20-21H,18-19H2,1-4H3,(H2,32,33)/t21-,30?/m1/s1. The number of carbonyl (C=O) groups is 2. The molecule has 7 heteroatoms. The lowest BCUT2D eigenvalue weighted by Crippen LogP contribution is -2.45. The van der Waals surface area contributed by atoms with Gasteiger partial charge < -0.3 is 10.2 Å². The van der Waals surface area contributed by atoms with Gasteiger partial charge in [-0.25, -0.2) is 4.39 Å². The number of carbonyl (C=O) groups excluding carboxylic acids is 2. The number of hydrogen-bond acceptors (Lipinski definition) is 3. The van der Waals surface area contributed by atoms with Crippen LogP contribution in [0.25, 0.3) is 0 Å². The Morgan fingerprint density at radius 2 is 1.70 bits per heavy atom. The quantitative estimate of drug-likeness (QED) is 0.431. The molecule has 0 aliphatic carbocycles. The van der Waals surface area contributed by atoms with Crippen molar-refractivity contribution < 1.29 is 14.0 Å². The van der Waals surface area contributed by atoms with Gasteiger partial charge in [-0.15, -0.1) is 0 Å². The average Bonchev–Trinajstić information content (AvgIpc) is 3.14. The Bertz CT molecular complexity index is 1290. The van der Waals surface area contributed by atoms with Gasteiger partial charge >= 0.3 is 0 Å². The number of nitrogens with zero attached hydrogens (tertiary/aromatic N) is 2. The van der Waals surface area contributed by atoms with Crippen LogP contribution in [-0.4, -0.2) is 34.6 Å². The Morgan fingerprint density at radius 1 is 1.03 bits per heavy atom. The van der Waals surface area contributed by atoms with E-state index in [1.807, 2.05) is 43.3 Å². The summed E-state index contributed by atoms with van der Waals surface area (Å²) in [6, 6.07) is 22.3. The van der Waals surface area contributed by atoms with Crippen LogP contribution in [0.4, 0.5) is 4.39 Å². The van der Waals surface area contributed by atoms with Gasteiger partial charge in [-0.2, -0.15) is 0 Å². The normalized spacial score (nSPS) is 18.2. The zero-order valence-corrected chi connectivity index (χ0v) is 21.7. The summed E-state index contributed by atoms with van der Waals surface area (Å²) in [4.78, 5) is 30.2. The monoisotopic (exact) mass is 500 g/mol. The second-order valence-electron chi connectivity index (χ2n) is 10.1. The smallest absolute Gasteiger partial charge is 0.260 e. The van der Waals surface area contributed by atoms with Gasteiger partial charge in [0.05, 0.1) is 6.04 Å². The van der Waals surface area contributed by atoms with Gasteiger partial charge in [-0.1, -0.05) is 68.4 Å². The molecule has 0 spiro atoms. The summed E-state index contributed by atoms with van der Waals surface area (Å²) in [6.45, 7) is 6.34. The van der Waals surface area contributed by atoms with E-state index in [2.05, 4.69) is 19.2 Å². The van der Waals surface area contributed by atoms with E-state index in [-0.39, 0.29) is 29.5 Å². The summed E-state index contributed by atoms with van der Waals surface area (Å²) < 4.78 is 13.2. The molecular weight excluding hydrogens is 467 g/mol. The van der Waals surface area contributed by atoms with Gasteiger partial charge in [0.15, 0.2) is 5.96 Å². The van der Waals surface area contributed by atoms with Crippen LogP contribution < -0.4 is 5.32 Å². The van der Waals surface area contributed by atoms with Crippen molar-refractivity contribution in [2.45, 2.75) is 45.3 Å². The molecule has 0 saturated carbocycles. The molecule has 1 aliphatic heterocycles. The van der Waals surface area contributed by atoms with E-state index < -0.39 is 11.6 Å². The van der Waals surface area contributed by atoms with Crippen molar-refractivity contribution >= 4 is 17.8 Å². The maximum absolute atomic E-state index is 14.0. The molecule has 0 bridgehead atoms. The lowest BCUT2D eigenvalue weighted by molar-refractivity contribution is -0.133. The molecule has 1 saturated heterocycles. The number of halogens is 1. The van der Waals surface area contributed by atoms with Crippen LogP contribution in [0.15, 0.2) is 78.9 Å². The summed E-state index contributed by atoms with van der Waals surface area (Å²) in [7, 11) is 1.70. The Balaban J connectivity index is 1.58. The lowest BCUT2D eigenvalue weighted by Gasteiger charge is -2.30. The first kappa shape index (κ1) is 26.1. The van der Waals surface area contributed by atoms with Crippen molar-refractivity contribution in [1.82, 2.24) is 15.1 Å². The average molecular weight is 501 g/mol. The van der Waals surface area contributed by atoms with E-state index in [1.54, 1.807) is 42.3 Å². The number of benzene rings is 3. The second-order valence-corrected chi connectivity index (χ2v) is 10.1. The highest BCUT2D eigenvalue weighted by Crippen LogP contribution is 2.38. The number of nitrogens with one attached hydrogen (secondary N) is 2. The third kappa shape index (κ3) is 5.26. The maximum Gasteiger partial charge on any atom is 0.260 e. The largest absolute Gasteiger partial charge is 0.338 e. The van der Waals surface area contributed by atoms with Crippen LogP contribution in [0.3, 0.4) is 0 Å². The van der Waals surface area contributed by atoms with Crippen molar-refractivity contribution in [2.75, 3.05) is 7.05 Å². The molecule has 2 N–H and O–H groups in total. The Hall–Kier alpha value is -4.00. The van der Waals surface area contributed by atoms with Crippen molar-refractivity contribution in [3.63, 3.8) is 0 Å². The van der Waals surface area contributed by atoms with Crippen LogP contribution in [-0.2, 0) is 16.9 Å². The molecule has 3 aromatic carbocycles. The summed E-state index contributed by atoms with van der Waals surface area (Å²) in [6.07, 6.45) is 0.550. The minimum Gasteiger partial charge on any atom is -0.338 e. The molecule has 1 unspecified atom stereocenters. The predicted molar refractivity (Wildman–Crippen MR) is 142 cm³/mol. The van der Waals surface area contributed by atoms with Crippen LogP contribution >= 0.6 is 0 Å². The van der Waals surface area contributed by atoms with E-state index in [9.17, 15) is 14.0 Å². The number of rotatable bonds is 8. The number of amides is 2. The molecule has 192 valence electrons. The Kier molecular flexibility index (Phi) is 7.43. The van der Waals surface area contributed by atoms with Crippen LogP contribution in [0.5, 0.6) is 0 Å². The summed E-state index contributed by atoms with van der Waals surface area (Å²) in [5.41, 5.74) is 1.89. The summed E-state index contributed by atoms with van der Waals surface area (Å²) in [5, 5.41) is 11.9. The van der Waals surface area contributed by atoms with E-state index in [0.29, 0.717) is 18.5 Å². The molecule has 1 heterocycles. The molecule has 0 radical (unpaired) electrons. The Labute approximate surface area is 217 Å². The predicted octanol–water partition coefficient (Wildman–Crippen LogP) is 5.47. The first-order valence-electron chi connectivity index (χ1n) is 12.5. The highest BCUT2D eigenvalue weighted by molar-refractivity contribution is 6.08. The molecule has 1 fully saturated rings. The van der Waals surface area contributed by atoms with Gasteiger partial charge in [-0.05, 0) is 60.2 Å². The third-order valence-electron chi connectivity index (χ3n) is 6.82. The van der Waals surface area contributed by atoms with E-state index in [0.717, 1.165) is 16.7 Å². The topological polar surface area (TPSA) is 76.5 Å². The van der Waals surface area contributed by atoms with E-state index >= 15 is 0 Å². The molecule has 1 aliphatic rings. The van der Waals surface area contributed by atoms with Crippen molar-refractivity contribution in [1.29, 1.82) is 5.41 Å². The molecule has 3 aromatic rings. The first-order valence-corrected chi connectivity index (χ1v) is 12.5. The second kappa shape index (κ2) is 10.5. The Morgan fingerprint density at radius 3 is 2.35 bits per heavy atom. The van der Waals surface area contributed by atoms with E-state index in [4.69, 9.17) is 5.41 Å². The first-order chi connectivity index (χ1) is 17.6. The van der Waals surface area contributed by atoms with Gasteiger partial charge in [0.25, 0.3) is 11.8 Å². The van der Waals surface area contributed by atoms with Gasteiger partial charge in [-0.3, -0.25) is 19.9 Å².